The molecule has 0 saturated carbocycles. The number of methoxy groups -OCH3 is 1. The predicted molar refractivity (Wildman–Crippen MR) is 112 cm³/mol. The summed E-state index contributed by atoms with van der Waals surface area (Å²) in [6, 6.07) is 24.3. The monoisotopic (exact) mass is 395 g/mol. The van der Waals surface area contributed by atoms with E-state index in [2.05, 4.69) is 4.72 Å². The number of rotatable bonds is 8. The highest BCUT2D eigenvalue weighted by Crippen LogP contribution is 2.17. The number of hydrogen-bond acceptors (Lipinski definition) is 3. The zero-order chi connectivity index (χ0) is 20.0. The minimum atomic E-state index is -3.60. The van der Waals surface area contributed by atoms with E-state index in [9.17, 15) is 8.42 Å². The fourth-order valence-electron chi connectivity index (χ4n) is 3.11. The minimum absolute atomic E-state index is 0.262. The molecule has 3 aromatic rings. The molecule has 3 rings (SSSR count). The third kappa shape index (κ3) is 5.44. The van der Waals surface area contributed by atoms with Crippen molar-refractivity contribution >= 4 is 10.0 Å². The summed E-state index contributed by atoms with van der Waals surface area (Å²) in [4.78, 5) is 0.283. The average Bonchev–Trinajstić information content (AvgIpc) is 2.69. The first-order valence-corrected chi connectivity index (χ1v) is 10.7. The highest BCUT2D eigenvalue weighted by molar-refractivity contribution is 7.89. The van der Waals surface area contributed by atoms with Crippen LogP contribution in [0.4, 0.5) is 0 Å². The number of hydrogen-bond donors (Lipinski definition) is 1. The van der Waals surface area contributed by atoms with Gasteiger partial charge >= 0.3 is 0 Å². The van der Waals surface area contributed by atoms with E-state index in [1.54, 1.807) is 19.2 Å². The second kappa shape index (κ2) is 9.04. The van der Waals surface area contributed by atoms with Crippen LogP contribution in [0, 0.1) is 6.92 Å². The molecule has 0 aliphatic carbocycles. The summed E-state index contributed by atoms with van der Waals surface area (Å²) in [5, 5.41) is 0. The number of ether oxygens (including phenoxy) is 1. The van der Waals surface area contributed by atoms with Crippen molar-refractivity contribution in [2.24, 2.45) is 0 Å². The molecule has 0 amide bonds. The zero-order valence-electron chi connectivity index (χ0n) is 16.1. The summed E-state index contributed by atoms with van der Waals surface area (Å²) in [5.74, 6) is 0.781. The normalized spacial score (nSPS) is 12.5. The van der Waals surface area contributed by atoms with Crippen LogP contribution in [0.5, 0.6) is 5.75 Å². The van der Waals surface area contributed by atoms with Gasteiger partial charge < -0.3 is 4.74 Å². The first-order chi connectivity index (χ1) is 13.5. The quantitative estimate of drug-likeness (QED) is 0.624. The van der Waals surface area contributed by atoms with Crippen molar-refractivity contribution in [3.63, 3.8) is 0 Å². The maximum Gasteiger partial charge on any atom is 0.240 e. The summed E-state index contributed by atoms with van der Waals surface area (Å²) in [6.07, 6.45) is 1.20. The van der Waals surface area contributed by atoms with Crippen LogP contribution in [-0.2, 0) is 22.9 Å². The molecule has 1 N–H and O–H groups in total. The van der Waals surface area contributed by atoms with Crippen LogP contribution in [0.25, 0.3) is 0 Å². The van der Waals surface area contributed by atoms with Crippen molar-refractivity contribution in [1.82, 2.24) is 4.72 Å². The third-order valence-corrected chi connectivity index (χ3v) is 6.16. The lowest BCUT2D eigenvalue weighted by Crippen LogP contribution is -2.38. The Kier molecular flexibility index (Phi) is 6.49. The molecule has 0 aliphatic heterocycles. The van der Waals surface area contributed by atoms with Crippen molar-refractivity contribution in [3.8, 4) is 5.75 Å². The van der Waals surface area contributed by atoms with Crippen molar-refractivity contribution < 1.29 is 13.2 Å². The first-order valence-electron chi connectivity index (χ1n) is 9.22. The van der Waals surface area contributed by atoms with Gasteiger partial charge in [0, 0.05) is 6.04 Å². The van der Waals surface area contributed by atoms with Gasteiger partial charge in [0.2, 0.25) is 10.0 Å². The van der Waals surface area contributed by atoms with Crippen molar-refractivity contribution in [1.29, 1.82) is 0 Å². The Labute approximate surface area is 167 Å². The van der Waals surface area contributed by atoms with Gasteiger partial charge in [-0.15, -0.1) is 0 Å². The third-order valence-electron chi connectivity index (χ3n) is 4.62. The van der Waals surface area contributed by atoms with E-state index in [1.807, 2.05) is 73.7 Å². The van der Waals surface area contributed by atoms with Crippen LogP contribution < -0.4 is 9.46 Å². The molecule has 0 bridgehead atoms. The Morgan fingerprint density at radius 3 is 1.96 bits per heavy atom. The number of sulfonamides is 1. The molecule has 1 atom stereocenters. The SMILES string of the molecule is COc1ccc(C[C@H](Cc2ccccc2)NS(=O)(=O)c2ccc(C)cc2)cc1. The van der Waals surface area contributed by atoms with Crippen LogP contribution in [0.2, 0.25) is 0 Å². The molecule has 0 fully saturated rings. The maximum atomic E-state index is 12.9. The summed E-state index contributed by atoms with van der Waals surface area (Å²) in [5.41, 5.74) is 3.17. The van der Waals surface area contributed by atoms with Crippen molar-refractivity contribution in [2.75, 3.05) is 7.11 Å². The maximum absolute atomic E-state index is 12.9. The molecule has 28 heavy (non-hydrogen) atoms. The standard InChI is InChI=1S/C23H25NO3S/c1-18-8-14-23(15-9-18)28(25,26)24-21(16-19-6-4-3-5-7-19)17-20-10-12-22(27-2)13-11-20/h3-15,21,24H,16-17H2,1-2H3/t21-/m0/s1. The molecule has 0 aliphatic rings. The summed E-state index contributed by atoms with van der Waals surface area (Å²) in [7, 11) is -1.98. The molecular formula is C23H25NO3S. The number of nitrogens with one attached hydrogen (secondary N) is 1. The van der Waals surface area contributed by atoms with Gasteiger partial charge in [0.25, 0.3) is 0 Å². The lowest BCUT2D eigenvalue weighted by atomic mass is 10.00. The molecule has 4 nitrogen and oxygen atoms in total. The highest BCUT2D eigenvalue weighted by atomic mass is 32.2. The molecule has 0 heterocycles. The second-order valence-corrected chi connectivity index (χ2v) is 8.59. The van der Waals surface area contributed by atoms with Gasteiger partial charge in [-0.05, 0) is 55.2 Å². The zero-order valence-corrected chi connectivity index (χ0v) is 16.9. The van der Waals surface area contributed by atoms with E-state index in [1.165, 1.54) is 0 Å². The Bertz CT molecular complexity index is 982. The Morgan fingerprint density at radius 1 is 0.821 bits per heavy atom. The molecule has 0 radical (unpaired) electrons. The van der Waals surface area contributed by atoms with Gasteiger partial charge in [-0.25, -0.2) is 13.1 Å². The van der Waals surface area contributed by atoms with Crippen LogP contribution in [0.3, 0.4) is 0 Å². The predicted octanol–water partition coefficient (Wildman–Crippen LogP) is 4.14. The lowest BCUT2D eigenvalue weighted by Gasteiger charge is -2.19. The molecule has 5 heteroatoms. The van der Waals surface area contributed by atoms with Crippen molar-refractivity contribution in [3.05, 3.63) is 95.6 Å². The first kappa shape index (κ1) is 20.1. The molecule has 146 valence electrons. The molecule has 0 spiro atoms. The van der Waals surface area contributed by atoms with Gasteiger partial charge in [0.15, 0.2) is 0 Å². The van der Waals surface area contributed by atoms with Crippen LogP contribution >= 0.6 is 0 Å². The Balaban J connectivity index is 1.83. The molecule has 0 aromatic heterocycles. The van der Waals surface area contributed by atoms with E-state index in [0.717, 1.165) is 22.4 Å². The Morgan fingerprint density at radius 2 is 1.39 bits per heavy atom. The van der Waals surface area contributed by atoms with Gasteiger partial charge in [-0.1, -0.05) is 60.2 Å². The Hall–Kier alpha value is -2.63. The fraction of sp³-hybridized carbons (Fsp3) is 0.217. The molecule has 0 unspecified atom stereocenters. The average molecular weight is 396 g/mol. The fourth-order valence-corrected chi connectivity index (χ4v) is 4.34. The van der Waals surface area contributed by atoms with E-state index in [0.29, 0.717) is 12.8 Å². The summed E-state index contributed by atoms with van der Waals surface area (Å²) >= 11 is 0. The highest BCUT2D eigenvalue weighted by Gasteiger charge is 2.21. The van der Waals surface area contributed by atoms with E-state index in [4.69, 9.17) is 4.74 Å². The minimum Gasteiger partial charge on any atom is -0.497 e. The van der Waals surface area contributed by atoms with Gasteiger partial charge in [-0.3, -0.25) is 0 Å². The molecule has 3 aromatic carbocycles. The second-order valence-electron chi connectivity index (χ2n) is 6.87. The topological polar surface area (TPSA) is 55.4 Å². The van der Waals surface area contributed by atoms with Crippen LogP contribution in [0.1, 0.15) is 16.7 Å². The number of benzene rings is 3. The van der Waals surface area contributed by atoms with E-state index in [-0.39, 0.29) is 10.9 Å². The largest absolute Gasteiger partial charge is 0.497 e. The smallest absolute Gasteiger partial charge is 0.240 e. The van der Waals surface area contributed by atoms with Crippen molar-refractivity contribution in [2.45, 2.75) is 30.7 Å². The number of aryl methyl sites for hydroxylation is 1. The van der Waals surface area contributed by atoms with Gasteiger partial charge in [-0.2, -0.15) is 0 Å². The van der Waals surface area contributed by atoms with Gasteiger partial charge in [0.1, 0.15) is 5.75 Å². The van der Waals surface area contributed by atoms with E-state index < -0.39 is 10.0 Å². The lowest BCUT2D eigenvalue weighted by molar-refractivity contribution is 0.414. The van der Waals surface area contributed by atoms with E-state index >= 15 is 0 Å². The molecule has 0 saturated heterocycles. The van der Waals surface area contributed by atoms with Gasteiger partial charge in [0.05, 0.1) is 12.0 Å². The molecular weight excluding hydrogens is 370 g/mol. The van der Waals surface area contributed by atoms with Crippen LogP contribution in [0.15, 0.2) is 83.8 Å². The summed E-state index contributed by atoms with van der Waals surface area (Å²) in [6.45, 7) is 1.94. The summed E-state index contributed by atoms with van der Waals surface area (Å²) < 4.78 is 33.9. The van der Waals surface area contributed by atoms with Crippen LogP contribution in [-0.4, -0.2) is 21.6 Å².